The first kappa shape index (κ1) is 17.7. The molecule has 4 nitrogen and oxygen atoms in total. The van der Waals surface area contributed by atoms with Crippen LogP contribution in [-0.4, -0.2) is 29.6 Å². The Hall–Kier alpha value is -2.11. The Labute approximate surface area is 151 Å². The van der Waals surface area contributed by atoms with Crippen LogP contribution in [0.1, 0.15) is 25.5 Å². The number of amides is 2. The third-order valence-corrected chi connectivity index (χ3v) is 4.56. The second kappa shape index (κ2) is 7.02. The van der Waals surface area contributed by atoms with E-state index in [1.807, 2.05) is 13.8 Å². The first-order chi connectivity index (χ1) is 11.9. The van der Waals surface area contributed by atoms with Gasteiger partial charge in [0.25, 0.3) is 0 Å². The molecule has 6 heteroatoms. The molecule has 0 aromatic heterocycles. The number of halogens is 2. The Morgan fingerprint density at radius 3 is 2.60 bits per heavy atom. The predicted molar refractivity (Wildman–Crippen MR) is 96.3 cm³/mol. The van der Waals surface area contributed by atoms with Crippen LogP contribution in [0.2, 0.25) is 5.02 Å². The molecule has 0 aliphatic carbocycles. The van der Waals surface area contributed by atoms with Crippen molar-refractivity contribution >= 4 is 23.3 Å². The van der Waals surface area contributed by atoms with E-state index in [2.05, 4.69) is 5.32 Å². The lowest BCUT2D eigenvalue weighted by atomic mass is 9.98. The summed E-state index contributed by atoms with van der Waals surface area (Å²) in [6.07, 6.45) is -0.495. The van der Waals surface area contributed by atoms with Crippen molar-refractivity contribution in [3.63, 3.8) is 0 Å². The van der Waals surface area contributed by atoms with Crippen LogP contribution in [0.4, 0.5) is 14.9 Å². The van der Waals surface area contributed by atoms with Gasteiger partial charge in [-0.25, -0.2) is 9.18 Å². The summed E-state index contributed by atoms with van der Waals surface area (Å²) in [5.74, 6) is -0.328. The van der Waals surface area contributed by atoms with Gasteiger partial charge in [0, 0.05) is 16.3 Å². The van der Waals surface area contributed by atoms with Gasteiger partial charge in [-0.2, -0.15) is 0 Å². The van der Waals surface area contributed by atoms with Crippen molar-refractivity contribution < 1.29 is 13.9 Å². The van der Waals surface area contributed by atoms with Crippen molar-refractivity contribution in [3.05, 3.63) is 64.9 Å². The molecule has 1 unspecified atom stereocenters. The molecule has 1 atom stereocenters. The highest BCUT2D eigenvalue weighted by atomic mass is 35.5. The Balaban J connectivity index is 1.78. The maximum absolute atomic E-state index is 14.1. The van der Waals surface area contributed by atoms with Gasteiger partial charge >= 0.3 is 6.03 Å². The highest BCUT2D eigenvalue weighted by Crippen LogP contribution is 2.32. The molecule has 0 spiro atoms. The van der Waals surface area contributed by atoms with Gasteiger partial charge in [-0.15, -0.1) is 0 Å². The second-order valence-electron chi connectivity index (χ2n) is 6.68. The number of nitrogens with zero attached hydrogens (tertiary/aromatic N) is 1. The normalized spacial score (nSPS) is 19.5. The smallest absolute Gasteiger partial charge is 0.322 e. The summed E-state index contributed by atoms with van der Waals surface area (Å²) in [6.45, 7) is 4.44. The summed E-state index contributed by atoms with van der Waals surface area (Å²) in [5, 5.41) is 3.46. The standard InChI is InChI=1S/C19H20ClFN2O2/c1-19(2)12-25-17(15-5-3-4-6-16(15)21)11-23(19)18(24)22-14-9-7-13(20)8-10-14/h3-10,17H,11-12H2,1-2H3,(H,22,24). The van der Waals surface area contributed by atoms with Crippen LogP contribution in [0.3, 0.4) is 0 Å². The Morgan fingerprint density at radius 1 is 1.24 bits per heavy atom. The minimum atomic E-state index is -0.502. The highest BCUT2D eigenvalue weighted by molar-refractivity contribution is 6.30. The lowest BCUT2D eigenvalue weighted by molar-refractivity contribution is -0.0795. The molecular weight excluding hydrogens is 343 g/mol. The number of urea groups is 1. The summed E-state index contributed by atoms with van der Waals surface area (Å²) in [4.78, 5) is 14.4. The SMILES string of the molecule is CC1(C)COC(c2ccccc2F)CN1C(=O)Nc1ccc(Cl)cc1. The Bertz CT molecular complexity index is 764. The van der Waals surface area contributed by atoms with Gasteiger partial charge in [0.2, 0.25) is 0 Å². The predicted octanol–water partition coefficient (Wildman–Crippen LogP) is 4.86. The van der Waals surface area contributed by atoms with Gasteiger partial charge < -0.3 is 15.0 Å². The molecule has 25 heavy (non-hydrogen) atoms. The van der Waals surface area contributed by atoms with Gasteiger partial charge in [-0.3, -0.25) is 0 Å². The van der Waals surface area contributed by atoms with E-state index in [0.717, 1.165) is 0 Å². The van der Waals surface area contributed by atoms with E-state index in [4.69, 9.17) is 16.3 Å². The molecule has 2 amide bonds. The first-order valence-electron chi connectivity index (χ1n) is 8.07. The third kappa shape index (κ3) is 3.94. The van der Waals surface area contributed by atoms with Crippen LogP contribution in [-0.2, 0) is 4.74 Å². The quantitative estimate of drug-likeness (QED) is 0.828. The molecule has 1 N–H and O–H groups in total. The first-order valence-corrected chi connectivity index (χ1v) is 8.45. The van der Waals surface area contributed by atoms with Crippen molar-refractivity contribution in [2.24, 2.45) is 0 Å². The van der Waals surface area contributed by atoms with E-state index >= 15 is 0 Å². The summed E-state index contributed by atoms with van der Waals surface area (Å²) in [7, 11) is 0. The molecule has 132 valence electrons. The summed E-state index contributed by atoms with van der Waals surface area (Å²) in [5.41, 5.74) is 0.611. The number of hydrogen-bond acceptors (Lipinski definition) is 2. The molecule has 1 fully saturated rings. The zero-order valence-electron chi connectivity index (χ0n) is 14.1. The topological polar surface area (TPSA) is 41.6 Å². The van der Waals surface area contributed by atoms with Crippen molar-refractivity contribution in [1.29, 1.82) is 0 Å². The number of carbonyl (C=O) groups excluding carboxylic acids is 1. The number of morpholine rings is 1. The minimum absolute atomic E-state index is 0.253. The van der Waals surface area contributed by atoms with Crippen LogP contribution in [0.5, 0.6) is 0 Å². The molecule has 1 heterocycles. The Morgan fingerprint density at radius 2 is 1.92 bits per heavy atom. The van der Waals surface area contributed by atoms with Crippen molar-refractivity contribution in [2.75, 3.05) is 18.5 Å². The van der Waals surface area contributed by atoms with E-state index < -0.39 is 11.6 Å². The lowest BCUT2D eigenvalue weighted by Gasteiger charge is -2.45. The highest BCUT2D eigenvalue weighted by Gasteiger charge is 2.39. The van der Waals surface area contributed by atoms with Crippen LogP contribution in [0.15, 0.2) is 48.5 Å². The van der Waals surface area contributed by atoms with Crippen molar-refractivity contribution in [2.45, 2.75) is 25.5 Å². The number of carbonyl (C=O) groups is 1. The molecule has 0 radical (unpaired) electrons. The van der Waals surface area contributed by atoms with Crippen LogP contribution >= 0.6 is 11.6 Å². The maximum atomic E-state index is 14.1. The van der Waals surface area contributed by atoms with E-state index in [0.29, 0.717) is 22.9 Å². The number of rotatable bonds is 2. The van der Waals surface area contributed by atoms with Crippen LogP contribution in [0.25, 0.3) is 0 Å². The largest absolute Gasteiger partial charge is 0.369 e. The van der Waals surface area contributed by atoms with E-state index in [-0.39, 0.29) is 18.4 Å². The van der Waals surface area contributed by atoms with Gasteiger partial charge in [0.1, 0.15) is 11.9 Å². The summed E-state index contributed by atoms with van der Waals surface area (Å²) >= 11 is 5.87. The fraction of sp³-hybridized carbons (Fsp3) is 0.316. The molecule has 1 aliphatic rings. The molecule has 1 saturated heterocycles. The van der Waals surface area contributed by atoms with Gasteiger partial charge in [0.05, 0.1) is 18.7 Å². The van der Waals surface area contributed by atoms with Gasteiger partial charge in [-0.05, 0) is 44.2 Å². The van der Waals surface area contributed by atoms with Crippen molar-refractivity contribution in [1.82, 2.24) is 4.90 Å². The number of hydrogen-bond donors (Lipinski definition) is 1. The van der Waals surface area contributed by atoms with Crippen LogP contribution in [0, 0.1) is 5.82 Å². The second-order valence-corrected chi connectivity index (χ2v) is 7.12. The third-order valence-electron chi connectivity index (χ3n) is 4.31. The Kier molecular flexibility index (Phi) is 4.97. The molecular formula is C19H20ClFN2O2. The zero-order valence-corrected chi connectivity index (χ0v) is 14.9. The fourth-order valence-corrected chi connectivity index (χ4v) is 2.98. The summed E-state index contributed by atoms with van der Waals surface area (Å²) in [6, 6.07) is 13.1. The molecule has 0 bridgehead atoms. The van der Waals surface area contributed by atoms with E-state index in [1.54, 1.807) is 47.4 Å². The average molecular weight is 363 g/mol. The number of nitrogens with one attached hydrogen (secondary N) is 1. The average Bonchev–Trinajstić information content (AvgIpc) is 2.57. The molecule has 2 aromatic rings. The zero-order chi connectivity index (χ0) is 18.0. The van der Waals surface area contributed by atoms with E-state index in [9.17, 15) is 9.18 Å². The van der Waals surface area contributed by atoms with Gasteiger partial charge in [-0.1, -0.05) is 29.8 Å². The number of ether oxygens (including phenoxy) is 1. The molecule has 2 aromatic carbocycles. The minimum Gasteiger partial charge on any atom is -0.369 e. The molecule has 3 rings (SSSR count). The molecule has 1 aliphatic heterocycles. The summed E-state index contributed by atoms with van der Waals surface area (Å²) < 4.78 is 19.9. The van der Waals surface area contributed by atoms with E-state index in [1.165, 1.54) is 6.07 Å². The monoisotopic (exact) mass is 362 g/mol. The maximum Gasteiger partial charge on any atom is 0.322 e. The number of benzene rings is 2. The molecule has 0 saturated carbocycles. The van der Waals surface area contributed by atoms with Crippen LogP contribution < -0.4 is 5.32 Å². The van der Waals surface area contributed by atoms with Gasteiger partial charge in [0.15, 0.2) is 0 Å². The number of anilines is 1. The fourth-order valence-electron chi connectivity index (χ4n) is 2.85. The van der Waals surface area contributed by atoms with Crippen molar-refractivity contribution in [3.8, 4) is 0 Å². The lowest BCUT2D eigenvalue weighted by Crippen LogP contribution is -2.57.